The minimum absolute atomic E-state index is 0.243. The molecule has 40 heavy (non-hydrogen) atoms. The van der Waals surface area contributed by atoms with Crippen LogP contribution in [0.3, 0.4) is 0 Å². The number of piperidine rings is 1. The summed E-state index contributed by atoms with van der Waals surface area (Å²) in [6.07, 6.45) is 6.29. The third-order valence-corrected chi connectivity index (χ3v) is 9.96. The van der Waals surface area contributed by atoms with Crippen molar-refractivity contribution in [3.8, 4) is 11.5 Å². The molecule has 7 rings (SSSR count). The topological polar surface area (TPSA) is 48.0 Å². The van der Waals surface area contributed by atoms with Crippen LogP contribution in [0.4, 0.5) is 0 Å². The number of carbonyl (C=O) groups is 1. The Morgan fingerprint density at radius 2 is 1.62 bits per heavy atom. The molecular formula is C35H39NO4. The third-order valence-electron chi connectivity index (χ3n) is 9.96. The molecule has 3 atom stereocenters. The number of benzene rings is 3. The lowest BCUT2D eigenvalue weighted by Gasteiger charge is -2.65. The SMILES string of the molecule is COc1c(OCc2ccccc2)ccc2c1[C@]13CCN(CC4CC4)[C@H](C2)[C@]1(OCc1ccccc1)CCC(=O)C3. The van der Waals surface area contributed by atoms with Crippen LogP contribution in [0.5, 0.6) is 11.5 Å². The average Bonchev–Trinajstić information content (AvgIpc) is 3.81. The molecule has 5 nitrogen and oxygen atoms in total. The molecule has 1 heterocycles. The fourth-order valence-corrected chi connectivity index (χ4v) is 7.93. The van der Waals surface area contributed by atoms with Gasteiger partial charge in [-0.15, -0.1) is 0 Å². The number of ketones is 1. The van der Waals surface area contributed by atoms with Crippen molar-refractivity contribution in [2.24, 2.45) is 5.92 Å². The second kappa shape index (κ2) is 10.4. The Bertz CT molecular complexity index is 1370. The van der Waals surface area contributed by atoms with E-state index in [2.05, 4.69) is 53.4 Å². The molecule has 208 valence electrons. The zero-order chi connectivity index (χ0) is 27.2. The lowest BCUT2D eigenvalue weighted by atomic mass is 9.49. The molecule has 0 radical (unpaired) electrons. The quantitative estimate of drug-likeness (QED) is 0.322. The summed E-state index contributed by atoms with van der Waals surface area (Å²) in [4.78, 5) is 16.1. The summed E-state index contributed by atoms with van der Waals surface area (Å²) in [5.74, 6) is 2.66. The van der Waals surface area contributed by atoms with Gasteiger partial charge in [-0.1, -0.05) is 66.7 Å². The van der Waals surface area contributed by atoms with Crippen LogP contribution in [-0.2, 0) is 34.6 Å². The van der Waals surface area contributed by atoms with Crippen LogP contribution in [0.25, 0.3) is 0 Å². The standard InChI is InChI=1S/C35H39NO4/c1-38-33-30(39-23-26-8-4-2-5-9-26)15-14-28-20-31-35(40-24-27-10-6-3-7-11-27)17-16-29(37)21-34(35,32(28)33)18-19-36(31)22-25-12-13-25/h2-11,14-15,25,31H,12-13,16-24H2,1H3/t31-,34-,35-/m1/s1. The van der Waals surface area contributed by atoms with E-state index in [-0.39, 0.29) is 6.04 Å². The van der Waals surface area contributed by atoms with Crippen molar-refractivity contribution < 1.29 is 19.0 Å². The van der Waals surface area contributed by atoms with Gasteiger partial charge in [-0.3, -0.25) is 9.69 Å². The fourth-order valence-electron chi connectivity index (χ4n) is 7.93. The number of fused-ring (bicyclic) bond motifs is 1. The number of hydrogen-bond donors (Lipinski definition) is 0. The number of likely N-dealkylation sites (tertiary alicyclic amines) is 1. The van der Waals surface area contributed by atoms with Crippen molar-refractivity contribution in [1.29, 1.82) is 0 Å². The van der Waals surface area contributed by atoms with Crippen LogP contribution in [0.1, 0.15) is 60.8 Å². The van der Waals surface area contributed by atoms with E-state index in [0.717, 1.165) is 60.9 Å². The summed E-state index contributed by atoms with van der Waals surface area (Å²) >= 11 is 0. The summed E-state index contributed by atoms with van der Waals surface area (Å²) in [5, 5.41) is 0. The smallest absolute Gasteiger partial charge is 0.164 e. The highest BCUT2D eigenvalue weighted by Crippen LogP contribution is 2.62. The van der Waals surface area contributed by atoms with Crippen LogP contribution >= 0.6 is 0 Å². The lowest BCUT2D eigenvalue weighted by molar-refractivity contribution is -0.206. The molecule has 3 aromatic carbocycles. The van der Waals surface area contributed by atoms with Crippen LogP contribution < -0.4 is 9.47 Å². The molecular weight excluding hydrogens is 498 g/mol. The number of rotatable bonds is 9. The van der Waals surface area contributed by atoms with Gasteiger partial charge in [0.15, 0.2) is 11.5 Å². The highest BCUT2D eigenvalue weighted by atomic mass is 16.5. The van der Waals surface area contributed by atoms with Crippen LogP contribution in [0, 0.1) is 5.92 Å². The maximum Gasteiger partial charge on any atom is 0.164 e. The number of carbonyl (C=O) groups excluding carboxylic acids is 1. The van der Waals surface area contributed by atoms with E-state index < -0.39 is 11.0 Å². The Labute approximate surface area is 237 Å². The largest absolute Gasteiger partial charge is 0.493 e. The maximum atomic E-state index is 13.4. The highest BCUT2D eigenvalue weighted by Gasteiger charge is 2.67. The Kier molecular flexibility index (Phi) is 6.68. The van der Waals surface area contributed by atoms with Gasteiger partial charge in [0.2, 0.25) is 0 Å². The third kappa shape index (κ3) is 4.35. The maximum absolute atomic E-state index is 13.4. The molecule has 1 saturated heterocycles. The van der Waals surface area contributed by atoms with E-state index >= 15 is 0 Å². The second-order valence-electron chi connectivity index (χ2n) is 12.3. The van der Waals surface area contributed by atoms with Gasteiger partial charge >= 0.3 is 0 Å². The Balaban J connectivity index is 1.33. The first kappa shape index (κ1) is 25.8. The number of methoxy groups -OCH3 is 1. The van der Waals surface area contributed by atoms with Crippen LogP contribution in [0.2, 0.25) is 0 Å². The van der Waals surface area contributed by atoms with E-state index in [9.17, 15) is 4.79 Å². The van der Waals surface area contributed by atoms with Gasteiger partial charge in [0.25, 0.3) is 0 Å². The Morgan fingerprint density at radius 3 is 2.33 bits per heavy atom. The Morgan fingerprint density at radius 1 is 0.900 bits per heavy atom. The molecule has 3 aromatic rings. The van der Waals surface area contributed by atoms with Crippen molar-refractivity contribution in [3.05, 3.63) is 95.1 Å². The molecule has 3 fully saturated rings. The molecule has 4 aliphatic rings. The summed E-state index contributed by atoms with van der Waals surface area (Å²) in [6, 6.07) is 25.3. The number of Topliss-reactive ketones (excluding diaryl/α,β-unsaturated/α-hetero) is 1. The van der Waals surface area contributed by atoms with Gasteiger partial charge in [0, 0.05) is 36.4 Å². The molecule has 0 unspecified atom stereocenters. The number of ether oxygens (including phenoxy) is 3. The first-order valence-electron chi connectivity index (χ1n) is 14.9. The summed E-state index contributed by atoms with van der Waals surface area (Å²) in [6.45, 7) is 3.14. The molecule has 3 aliphatic carbocycles. The van der Waals surface area contributed by atoms with Gasteiger partial charge in [-0.25, -0.2) is 0 Å². The van der Waals surface area contributed by atoms with Crippen molar-refractivity contribution in [2.45, 2.75) is 75.2 Å². The normalized spacial score (nSPS) is 27.5. The van der Waals surface area contributed by atoms with Crippen molar-refractivity contribution in [2.75, 3.05) is 20.2 Å². The van der Waals surface area contributed by atoms with Crippen molar-refractivity contribution >= 4 is 5.78 Å². The molecule has 1 aliphatic heterocycles. The zero-order valence-electron chi connectivity index (χ0n) is 23.4. The second-order valence-corrected chi connectivity index (χ2v) is 12.3. The molecule has 0 amide bonds. The monoisotopic (exact) mass is 537 g/mol. The van der Waals surface area contributed by atoms with Crippen molar-refractivity contribution in [3.63, 3.8) is 0 Å². The fraction of sp³-hybridized carbons (Fsp3) is 0.457. The van der Waals surface area contributed by atoms with E-state index in [0.29, 0.717) is 31.8 Å². The minimum atomic E-state index is -0.456. The van der Waals surface area contributed by atoms with E-state index in [1.165, 1.54) is 24.0 Å². The molecule has 0 spiro atoms. The zero-order valence-corrected chi connectivity index (χ0v) is 23.4. The van der Waals surface area contributed by atoms with Gasteiger partial charge < -0.3 is 14.2 Å². The van der Waals surface area contributed by atoms with Gasteiger partial charge in [0.1, 0.15) is 12.4 Å². The first-order valence-corrected chi connectivity index (χ1v) is 14.9. The van der Waals surface area contributed by atoms with Crippen LogP contribution in [0.15, 0.2) is 72.8 Å². The predicted octanol–water partition coefficient (Wildman–Crippen LogP) is 6.26. The molecule has 5 heteroatoms. The molecule has 0 aromatic heterocycles. The van der Waals surface area contributed by atoms with E-state index in [4.69, 9.17) is 14.2 Å². The van der Waals surface area contributed by atoms with Gasteiger partial charge in [0.05, 0.1) is 19.3 Å². The lowest BCUT2D eigenvalue weighted by Crippen LogP contribution is -2.74. The summed E-state index contributed by atoms with van der Waals surface area (Å²) in [7, 11) is 1.74. The van der Waals surface area contributed by atoms with Gasteiger partial charge in [-0.05, 0) is 67.3 Å². The molecule has 0 N–H and O–H groups in total. The van der Waals surface area contributed by atoms with E-state index in [1.54, 1.807) is 7.11 Å². The predicted molar refractivity (Wildman–Crippen MR) is 155 cm³/mol. The number of nitrogens with zero attached hydrogens (tertiary/aromatic N) is 1. The summed E-state index contributed by atoms with van der Waals surface area (Å²) in [5.41, 5.74) is 3.83. The molecule has 2 saturated carbocycles. The average molecular weight is 538 g/mol. The van der Waals surface area contributed by atoms with E-state index in [1.807, 2.05) is 24.3 Å². The summed E-state index contributed by atoms with van der Waals surface area (Å²) < 4.78 is 19.8. The highest BCUT2D eigenvalue weighted by molar-refractivity contribution is 5.83. The molecule has 2 bridgehead atoms. The van der Waals surface area contributed by atoms with Crippen molar-refractivity contribution in [1.82, 2.24) is 4.90 Å². The minimum Gasteiger partial charge on any atom is -0.493 e. The van der Waals surface area contributed by atoms with Gasteiger partial charge in [-0.2, -0.15) is 0 Å². The first-order chi connectivity index (χ1) is 19.6. The number of hydrogen-bond acceptors (Lipinski definition) is 5. The Hall–Kier alpha value is -3.15. The van der Waals surface area contributed by atoms with Crippen LogP contribution in [-0.4, -0.2) is 42.5 Å².